The molecule has 2 amide bonds. The fraction of sp³-hybridized carbons (Fsp3) is 0.375. The number of aliphatic hydroxyl groups excluding tert-OH is 1. The minimum atomic E-state index is -0.542. The molecular weight excluding hydrogens is 268 g/mol. The van der Waals surface area contributed by atoms with Gasteiger partial charge >= 0.3 is 0 Å². The summed E-state index contributed by atoms with van der Waals surface area (Å²) in [7, 11) is 0. The number of nitrogens with two attached hydrogens (primary N) is 1. The molecule has 21 heavy (non-hydrogen) atoms. The van der Waals surface area contributed by atoms with Crippen molar-refractivity contribution < 1.29 is 14.7 Å². The zero-order chi connectivity index (χ0) is 16.0. The van der Waals surface area contributed by atoms with Gasteiger partial charge in [0.1, 0.15) is 6.61 Å². The number of aryl methyl sites for hydroxylation is 1. The Morgan fingerprint density at radius 1 is 1.38 bits per heavy atom. The molecule has 1 aromatic carbocycles. The summed E-state index contributed by atoms with van der Waals surface area (Å²) in [6.45, 7) is 5.18. The van der Waals surface area contributed by atoms with Crippen molar-refractivity contribution in [1.29, 1.82) is 0 Å². The van der Waals surface area contributed by atoms with Gasteiger partial charge in [0.15, 0.2) is 0 Å². The second-order valence-electron chi connectivity index (χ2n) is 4.98. The summed E-state index contributed by atoms with van der Waals surface area (Å²) in [6, 6.07) is 4.99. The molecule has 1 rings (SSSR count). The molecule has 0 aromatic heterocycles. The standard InChI is InChI=1S/C16H20N2O3/c1-11(2)18(10-15(17)20)16(21)14-7-6-13(5-4-8-19)12(3)9-14/h6-7,9,11,19H,8,10H2,1-3H3,(H2,17,20). The average molecular weight is 288 g/mol. The molecule has 0 saturated carbocycles. The van der Waals surface area contributed by atoms with E-state index < -0.39 is 5.91 Å². The van der Waals surface area contributed by atoms with Gasteiger partial charge in [0.25, 0.3) is 5.91 Å². The molecule has 0 radical (unpaired) electrons. The first-order valence-electron chi connectivity index (χ1n) is 6.66. The Hall–Kier alpha value is -2.32. The van der Waals surface area contributed by atoms with Crippen LogP contribution >= 0.6 is 0 Å². The van der Waals surface area contributed by atoms with Crippen molar-refractivity contribution in [3.63, 3.8) is 0 Å². The van der Waals surface area contributed by atoms with E-state index in [1.165, 1.54) is 4.90 Å². The van der Waals surface area contributed by atoms with Gasteiger partial charge in [-0.2, -0.15) is 0 Å². The third kappa shape index (κ3) is 4.62. The Morgan fingerprint density at radius 3 is 2.52 bits per heavy atom. The molecule has 1 aromatic rings. The second-order valence-corrected chi connectivity index (χ2v) is 4.98. The highest BCUT2D eigenvalue weighted by molar-refractivity contribution is 5.96. The van der Waals surface area contributed by atoms with Gasteiger partial charge in [-0.25, -0.2) is 0 Å². The number of hydrogen-bond donors (Lipinski definition) is 2. The fourth-order valence-electron chi connectivity index (χ4n) is 1.89. The maximum absolute atomic E-state index is 12.4. The number of primary amides is 1. The monoisotopic (exact) mass is 288 g/mol. The number of hydrogen-bond acceptors (Lipinski definition) is 3. The van der Waals surface area contributed by atoms with Crippen molar-refractivity contribution in [3.8, 4) is 11.8 Å². The number of rotatable bonds is 4. The van der Waals surface area contributed by atoms with Gasteiger partial charge in [0.05, 0.1) is 6.54 Å². The van der Waals surface area contributed by atoms with Crippen molar-refractivity contribution in [2.75, 3.05) is 13.2 Å². The number of carbonyl (C=O) groups is 2. The van der Waals surface area contributed by atoms with Gasteiger partial charge in [0, 0.05) is 17.2 Å². The van der Waals surface area contributed by atoms with Crippen LogP contribution in [0.15, 0.2) is 18.2 Å². The summed E-state index contributed by atoms with van der Waals surface area (Å²) in [4.78, 5) is 24.9. The molecule has 3 N–H and O–H groups in total. The van der Waals surface area contributed by atoms with E-state index in [0.717, 1.165) is 11.1 Å². The molecule has 0 aliphatic carbocycles. The predicted octanol–water partition coefficient (Wildman–Crippen LogP) is 0.675. The van der Waals surface area contributed by atoms with Gasteiger partial charge in [0.2, 0.25) is 5.91 Å². The van der Waals surface area contributed by atoms with Crippen LogP contribution in [-0.2, 0) is 4.79 Å². The summed E-state index contributed by atoms with van der Waals surface area (Å²) >= 11 is 0. The highest BCUT2D eigenvalue weighted by Gasteiger charge is 2.20. The molecule has 0 spiro atoms. The summed E-state index contributed by atoms with van der Waals surface area (Å²) in [5, 5.41) is 8.70. The van der Waals surface area contributed by atoms with Crippen molar-refractivity contribution in [2.45, 2.75) is 26.8 Å². The van der Waals surface area contributed by atoms with Crippen LogP contribution in [0, 0.1) is 18.8 Å². The summed E-state index contributed by atoms with van der Waals surface area (Å²) in [5.41, 5.74) is 7.26. The Morgan fingerprint density at radius 2 is 2.05 bits per heavy atom. The highest BCUT2D eigenvalue weighted by Crippen LogP contribution is 2.14. The molecule has 5 heteroatoms. The van der Waals surface area contributed by atoms with Crippen molar-refractivity contribution in [3.05, 3.63) is 34.9 Å². The largest absolute Gasteiger partial charge is 0.384 e. The minimum Gasteiger partial charge on any atom is -0.384 e. The third-order valence-corrected chi connectivity index (χ3v) is 2.99. The first-order chi connectivity index (χ1) is 9.86. The van der Waals surface area contributed by atoms with Crippen LogP contribution in [0.3, 0.4) is 0 Å². The van der Waals surface area contributed by atoms with E-state index in [1.807, 2.05) is 20.8 Å². The van der Waals surface area contributed by atoms with Gasteiger partial charge in [-0.05, 0) is 44.5 Å². The SMILES string of the molecule is Cc1cc(C(=O)N(CC(N)=O)C(C)C)ccc1C#CCO. The second kappa shape index (κ2) is 7.46. The van der Waals surface area contributed by atoms with Gasteiger partial charge in [-0.15, -0.1) is 0 Å². The molecule has 0 fully saturated rings. The van der Waals surface area contributed by atoms with Crippen LogP contribution < -0.4 is 5.73 Å². The molecular formula is C16H20N2O3. The third-order valence-electron chi connectivity index (χ3n) is 2.99. The lowest BCUT2D eigenvalue weighted by atomic mass is 10.0. The zero-order valence-corrected chi connectivity index (χ0v) is 12.5. The summed E-state index contributed by atoms with van der Waals surface area (Å²) < 4.78 is 0. The summed E-state index contributed by atoms with van der Waals surface area (Å²) in [6.07, 6.45) is 0. The lowest BCUT2D eigenvalue weighted by Crippen LogP contribution is -2.42. The van der Waals surface area contributed by atoms with E-state index in [4.69, 9.17) is 10.8 Å². The number of amides is 2. The number of carbonyl (C=O) groups excluding carboxylic acids is 2. The first-order valence-corrected chi connectivity index (χ1v) is 6.66. The first kappa shape index (κ1) is 16.7. The van der Waals surface area contributed by atoms with Crippen LogP contribution in [0.2, 0.25) is 0 Å². The molecule has 0 aliphatic rings. The molecule has 5 nitrogen and oxygen atoms in total. The molecule has 0 atom stereocenters. The van der Waals surface area contributed by atoms with Crippen molar-refractivity contribution in [1.82, 2.24) is 4.90 Å². The van der Waals surface area contributed by atoms with E-state index >= 15 is 0 Å². The van der Waals surface area contributed by atoms with Gasteiger partial charge in [-0.1, -0.05) is 11.8 Å². The van der Waals surface area contributed by atoms with E-state index in [0.29, 0.717) is 5.56 Å². The smallest absolute Gasteiger partial charge is 0.254 e. The number of nitrogens with zero attached hydrogens (tertiary/aromatic N) is 1. The quantitative estimate of drug-likeness (QED) is 0.799. The lowest BCUT2D eigenvalue weighted by molar-refractivity contribution is -0.119. The van der Waals surface area contributed by atoms with Gasteiger partial charge in [-0.3, -0.25) is 9.59 Å². The summed E-state index contributed by atoms with van der Waals surface area (Å²) in [5.74, 6) is 4.60. The number of aliphatic hydroxyl groups is 1. The van der Waals surface area contributed by atoms with Crippen LogP contribution in [0.4, 0.5) is 0 Å². The number of benzene rings is 1. The molecule has 112 valence electrons. The molecule has 0 aliphatic heterocycles. The molecule has 0 unspecified atom stereocenters. The Kier molecular flexibility index (Phi) is 5.94. The van der Waals surface area contributed by atoms with Crippen LogP contribution in [0.1, 0.15) is 35.3 Å². The maximum Gasteiger partial charge on any atom is 0.254 e. The maximum atomic E-state index is 12.4. The Balaban J connectivity index is 3.06. The normalized spacial score (nSPS) is 9.95. The van der Waals surface area contributed by atoms with Crippen molar-refractivity contribution in [2.24, 2.45) is 5.73 Å². The lowest BCUT2D eigenvalue weighted by Gasteiger charge is -2.25. The van der Waals surface area contributed by atoms with Crippen LogP contribution in [-0.4, -0.2) is 41.0 Å². The molecule has 0 bridgehead atoms. The van der Waals surface area contributed by atoms with Crippen LogP contribution in [0.5, 0.6) is 0 Å². The predicted molar refractivity (Wildman–Crippen MR) is 80.5 cm³/mol. The minimum absolute atomic E-state index is 0.110. The zero-order valence-electron chi connectivity index (χ0n) is 12.5. The van der Waals surface area contributed by atoms with E-state index in [1.54, 1.807) is 18.2 Å². The van der Waals surface area contributed by atoms with E-state index in [9.17, 15) is 9.59 Å². The van der Waals surface area contributed by atoms with E-state index in [2.05, 4.69) is 11.8 Å². The molecule has 0 heterocycles. The highest BCUT2D eigenvalue weighted by atomic mass is 16.2. The van der Waals surface area contributed by atoms with Gasteiger partial charge < -0.3 is 15.7 Å². The topological polar surface area (TPSA) is 83.6 Å². The van der Waals surface area contributed by atoms with Crippen molar-refractivity contribution >= 4 is 11.8 Å². The van der Waals surface area contributed by atoms with Crippen LogP contribution in [0.25, 0.3) is 0 Å². The average Bonchev–Trinajstić information content (AvgIpc) is 2.42. The molecule has 0 saturated heterocycles. The van der Waals surface area contributed by atoms with E-state index in [-0.39, 0.29) is 25.1 Å². The fourth-order valence-corrected chi connectivity index (χ4v) is 1.89. The Labute approximate surface area is 124 Å². The Bertz CT molecular complexity index is 597.